The van der Waals surface area contributed by atoms with Gasteiger partial charge in [0, 0.05) is 55.8 Å². The van der Waals surface area contributed by atoms with E-state index in [1.807, 2.05) is 29.2 Å². The van der Waals surface area contributed by atoms with Gasteiger partial charge in [-0.3, -0.25) is 4.79 Å². The molecule has 1 aromatic heterocycles. The number of aromatic nitrogens is 2. The second-order valence-corrected chi connectivity index (χ2v) is 10.4. The van der Waals surface area contributed by atoms with Gasteiger partial charge in [-0.05, 0) is 61.1 Å². The smallest absolute Gasteiger partial charge is 0.332 e. The molecule has 5 rings (SSSR count). The maximum absolute atomic E-state index is 13.5. The predicted octanol–water partition coefficient (Wildman–Crippen LogP) is 6.61. The van der Waals surface area contributed by atoms with Crippen molar-refractivity contribution < 1.29 is 18.0 Å². The molecule has 39 heavy (non-hydrogen) atoms. The first kappa shape index (κ1) is 27.1. The highest BCUT2D eigenvalue weighted by Crippen LogP contribution is 2.30. The van der Waals surface area contributed by atoms with E-state index in [1.54, 1.807) is 24.5 Å². The zero-order valence-electron chi connectivity index (χ0n) is 21.9. The molecule has 2 fully saturated rings. The van der Waals surface area contributed by atoms with Gasteiger partial charge < -0.3 is 9.80 Å². The van der Waals surface area contributed by atoms with Gasteiger partial charge in [-0.1, -0.05) is 49.2 Å². The minimum absolute atomic E-state index is 0.101. The highest BCUT2D eigenvalue weighted by atomic mass is 19.4. The average molecular weight is 535 g/mol. The summed E-state index contributed by atoms with van der Waals surface area (Å²) in [7, 11) is 0. The molecule has 8 heteroatoms. The lowest BCUT2D eigenvalue weighted by atomic mass is 9.99. The highest BCUT2D eigenvalue weighted by Gasteiger charge is 2.32. The first-order valence-corrected chi connectivity index (χ1v) is 13.6. The molecule has 2 aromatic carbocycles. The number of piperidine rings is 1. The number of rotatable bonds is 7. The Morgan fingerprint density at radius 3 is 2.18 bits per heavy atom. The van der Waals surface area contributed by atoms with E-state index >= 15 is 0 Å². The highest BCUT2D eigenvalue weighted by molar-refractivity contribution is 5.92. The molecule has 204 valence electrons. The van der Waals surface area contributed by atoms with Gasteiger partial charge >= 0.3 is 6.18 Å². The van der Waals surface area contributed by atoms with Gasteiger partial charge in [0.25, 0.3) is 0 Å². The van der Waals surface area contributed by atoms with E-state index in [0.717, 1.165) is 49.2 Å². The topological polar surface area (TPSA) is 49.3 Å². The monoisotopic (exact) mass is 534 g/mol. The van der Waals surface area contributed by atoms with E-state index < -0.39 is 11.7 Å². The number of hydrogen-bond acceptors (Lipinski definition) is 4. The second-order valence-electron chi connectivity index (χ2n) is 10.4. The van der Waals surface area contributed by atoms with Crippen molar-refractivity contribution in [1.29, 1.82) is 0 Å². The third kappa shape index (κ3) is 6.92. The van der Waals surface area contributed by atoms with E-state index in [2.05, 4.69) is 14.9 Å². The Hall–Kier alpha value is -3.52. The summed E-state index contributed by atoms with van der Waals surface area (Å²) in [4.78, 5) is 26.6. The van der Waals surface area contributed by atoms with Crippen LogP contribution in [0.15, 0.2) is 73.1 Å². The van der Waals surface area contributed by atoms with Crippen LogP contribution in [0.3, 0.4) is 0 Å². The van der Waals surface area contributed by atoms with Gasteiger partial charge in [0.05, 0.1) is 5.56 Å². The first-order valence-electron chi connectivity index (χ1n) is 13.6. The Labute approximate surface area is 227 Å². The number of benzene rings is 2. The lowest BCUT2D eigenvalue weighted by Gasteiger charge is -2.40. The summed E-state index contributed by atoms with van der Waals surface area (Å²) >= 11 is 0. The average Bonchev–Trinajstić information content (AvgIpc) is 3.51. The molecule has 3 aromatic rings. The van der Waals surface area contributed by atoms with Crippen LogP contribution in [-0.4, -0.2) is 50.8 Å². The first-order chi connectivity index (χ1) is 18.9. The Morgan fingerprint density at radius 2 is 1.56 bits per heavy atom. The Bertz CT molecular complexity index is 1250. The van der Waals surface area contributed by atoms with Crippen molar-refractivity contribution in [1.82, 2.24) is 19.8 Å². The number of alkyl halides is 3. The standard InChI is InChI=1S/C31H33F3N4O/c32-31(33,34)26-13-8-23(9-14-26)10-15-29(39)38(28-16-20-37(21-17-28)27-4-1-2-5-27)22-24-6-11-25(12-7-24)30-35-18-3-19-36-30/h3,6-15,18-19,27-28H,1-2,4-5,16-17,20-22H2/b15-10+. The van der Waals surface area contributed by atoms with Crippen molar-refractivity contribution in [3.05, 3.63) is 89.8 Å². The minimum atomic E-state index is -4.38. The van der Waals surface area contributed by atoms with Crippen LogP contribution in [0.5, 0.6) is 0 Å². The largest absolute Gasteiger partial charge is 0.416 e. The summed E-state index contributed by atoms with van der Waals surface area (Å²) in [6.45, 7) is 2.41. The SMILES string of the molecule is O=C(/C=C/c1ccc(C(F)(F)F)cc1)N(Cc1ccc(-c2ncccn2)cc1)C1CCN(C2CCCC2)CC1. The molecular weight excluding hydrogens is 501 g/mol. The van der Waals surface area contributed by atoms with Crippen LogP contribution in [0.25, 0.3) is 17.5 Å². The van der Waals surface area contributed by atoms with Crippen LogP contribution in [0, 0.1) is 0 Å². The summed E-state index contributed by atoms with van der Waals surface area (Å²) in [5, 5.41) is 0. The summed E-state index contributed by atoms with van der Waals surface area (Å²) in [6, 6.07) is 15.3. The molecular formula is C31H33F3N4O. The quantitative estimate of drug-likeness (QED) is 0.320. The van der Waals surface area contributed by atoms with Gasteiger partial charge in [-0.15, -0.1) is 0 Å². The Balaban J connectivity index is 1.31. The molecule has 0 N–H and O–H groups in total. The van der Waals surface area contributed by atoms with Crippen LogP contribution in [0.1, 0.15) is 55.2 Å². The molecule has 1 aliphatic carbocycles. The molecule has 5 nitrogen and oxygen atoms in total. The van der Waals surface area contributed by atoms with E-state index in [1.165, 1.54) is 43.9 Å². The second kappa shape index (κ2) is 12.1. The van der Waals surface area contributed by atoms with Crippen LogP contribution in [0.4, 0.5) is 13.2 Å². The number of carbonyl (C=O) groups is 1. The van der Waals surface area contributed by atoms with Crippen molar-refractivity contribution in [3.63, 3.8) is 0 Å². The molecule has 0 unspecified atom stereocenters. The third-order valence-corrected chi connectivity index (χ3v) is 7.85. The zero-order valence-corrected chi connectivity index (χ0v) is 21.9. The molecule has 2 heterocycles. The van der Waals surface area contributed by atoms with Crippen molar-refractivity contribution in [2.24, 2.45) is 0 Å². The summed E-state index contributed by atoms with van der Waals surface area (Å²) in [5.74, 6) is 0.514. The fourth-order valence-electron chi connectivity index (χ4n) is 5.67. The normalized spacial score (nSPS) is 17.6. The van der Waals surface area contributed by atoms with E-state index in [9.17, 15) is 18.0 Å². The third-order valence-electron chi connectivity index (χ3n) is 7.85. The van der Waals surface area contributed by atoms with Crippen LogP contribution in [-0.2, 0) is 17.5 Å². The molecule has 1 saturated heterocycles. The Kier molecular flexibility index (Phi) is 8.41. The predicted molar refractivity (Wildman–Crippen MR) is 145 cm³/mol. The molecule has 0 spiro atoms. The van der Waals surface area contributed by atoms with Gasteiger partial charge in [-0.2, -0.15) is 13.2 Å². The summed E-state index contributed by atoms with van der Waals surface area (Å²) in [5.41, 5.74) is 1.76. The van der Waals surface area contributed by atoms with Gasteiger partial charge in [-0.25, -0.2) is 9.97 Å². The summed E-state index contributed by atoms with van der Waals surface area (Å²) < 4.78 is 38.7. The molecule has 2 aliphatic rings. The van der Waals surface area contributed by atoms with Crippen molar-refractivity contribution in [3.8, 4) is 11.4 Å². The molecule has 1 saturated carbocycles. The summed E-state index contributed by atoms with van der Waals surface area (Å²) in [6.07, 6.45) is 9.05. The van der Waals surface area contributed by atoms with Gasteiger partial charge in [0.1, 0.15) is 0 Å². The van der Waals surface area contributed by atoms with Crippen molar-refractivity contribution in [2.45, 2.75) is 63.3 Å². The number of carbonyl (C=O) groups excluding carboxylic acids is 1. The molecule has 1 amide bonds. The molecule has 0 bridgehead atoms. The van der Waals surface area contributed by atoms with Crippen LogP contribution >= 0.6 is 0 Å². The number of likely N-dealkylation sites (tertiary alicyclic amines) is 1. The fourth-order valence-corrected chi connectivity index (χ4v) is 5.67. The van der Waals surface area contributed by atoms with Crippen molar-refractivity contribution >= 4 is 12.0 Å². The van der Waals surface area contributed by atoms with Crippen molar-refractivity contribution in [2.75, 3.05) is 13.1 Å². The fraction of sp³-hybridized carbons (Fsp3) is 0.387. The number of halogens is 3. The van der Waals surface area contributed by atoms with Gasteiger partial charge in [0.15, 0.2) is 5.82 Å². The molecule has 1 aliphatic heterocycles. The molecule has 0 radical (unpaired) electrons. The lowest BCUT2D eigenvalue weighted by Crippen LogP contribution is -2.48. The maximum atomic E-state index is 13.5. The number of nitrogens with zero attached hydrogens (tertiary/aromatic N) is 4. The Morgan fingerprint density at radius 1 is 0.923 bits per heavy atom. The van der Waals surface area contributed by atoms with E-state index in [4.69, 9.17) is 0 Å². The minimum Gasteiger partial charge on any atom is -0.332 e. The number of hydrogen-bond donors (Lipinski definition) is 0. The van der Waals surface area contributed by atoms with E-state index in [0.29, 0.717) is 24.0 Å². The lowest BCUT2D eigenvalue weighted by molar-refractivity contribution is -0.137. The van der Waals surface area contributed by atoms with E-state index in [-0.39, 0.29) is 11.9 Å². The van der Waals surface area contributed by atoms with Crippen LogP contribution in [0.2, 0.25) is 0 Å². The number of amides is 1. The van der Waals surface area contributed by atoms with Gasteiger partial charge in [0.2, 0.25) is 5.91 Å². The maximum Gasteiger partial charge on any atom is 0.416 e. The van der Waals surface area contributed by atoms with Crippen LogP contribution < -0.4 is 0 Å². The zero-order chi connectivity index (χ0) is 27.2. The molecule has 0 atom stereocenters.